The molecule has 2 heterocycles. The molecule has 0 bridgehead atoms. The van der Waals surface area contributed by atoms with Gasteiger partial charge in [0, 0.05) is 18.5 Å². The van der Waals surface area contributed by atoms with Crippen LogP contribution in [0.3, 0.4) is 0 Å². The first kappa shape index (κ1) is 22.9. The molecule has 3 aromatic carbocycles. The molecule has 6 nitrogen and oxygen atoms in total. The van der Waals surface area contributed by atoms with Crippen LogP contribution in [0.25, 0.3) is 0 Å². The third-order valence-corrected chi connectivity index (χ3v) is 6.84. The minimum atomic E-state index is -0.673. The zero-order valence-corrected chi connectivity index (χ0v) is 19.2. The number of anilines is 1. The van der Waals surface area contributed by atoms with E-state index in [4.69, 9.17) is 5.10 Å². The molecule has 0 spiro atoms. The Kier molecular flexibility index (Phi) is 6.41. The normalized spacial score (nSPS) is 19.5. The average Bonchev–Trinajstić information content (AvgIpc) is 3.45. The predicted molar refractivity (Wildman–Crippen MR) is 132 cm³/mol. The van der Waals surface area contributed by atoms with Gasteiger partial charge in [0.1, 0.15) is 16.9 Å². The van der Waals surface area contributed by atoms with Gasteiger partial charge in [-0.15, -0.1) is 0 Å². The summed E-state index contributed by atoms with van der Waals surface area (Å²) in [6, 6.07) is 20.8. The summed E-state index contributed by atoms with van der Waals surface area (Å²) in [4.78, 5) is 29.3. The van der Waals surface area contributed by atoms with Crippen molar-refractivity contribution in [2.45, 2.75) is 24.1 Å². The van der Waals surface area contributed by atoms with E-state index in [2.05, 4.69) is 10.3 Å². The number of hydrazone groups is 1. The maximum Gasteiger partial charge on any atom is 0.262 e. The van der Waals surface area contributed by atoms with Gasteiger partial charge in [0.05, 0.1) is 11.8 Å². The zero-order chi connectivity index (χ0) is 24.4. The van der Waals surface area contributed by atoms with Gasteiger partial charge in [-0.05, 0) is 47.5 Å². The van der Waals surface area contributed by atoms with Gasteiger partial charge in [-0.2, -0.15) is 10.1 Å². The third kappa shape index (κ3) is 5.14. The third-order valence-electron chi connectivity index (χ3n) is 5.70. The molecule has 1 N–H and O–H groups in total. The van der Waals surface area contributed by atoms with Crippen molar-refractivity contribution in [2.24, 2.45) is 10.1 Å². The predicted octanol–water partition coefficient (Wildman–Crippen LogP) is 5.14. The Morgan fingerprint density at radius 3 is 2.31 bits per heavy atom. The van der Waals surface area contributed by atoms with Crippen molar-refractivity contribution < 1.29 is 18.4 Å². The molecule has 5 rings (SSSR count). The number of thioether (sulfide) groups is 1. The van der Waals surface area contributed by atoms with Gasteiger partial charge in [-0.25, -0.2) is 13.8 Å². The van der Waals surface area contributed by atoms with Gasteiger partial charge in [0.15, 0.2) is 5.17 Å². The number of hydrogen-bond donors (Lipinski definition) is 1. The summed E-state index contributed by atoms with van der Waals surface area (Å²) in [6.07, 6.45) is 0.430. The summed E-state index contributed by atoms with van der Waals surface area (Å²) < 4.78 is 27.0. The molecule has 9 heteroatoms. The number of hydrogen-bond acceptors (Lipinski definition) is 5. The molecule has 0 aromatic heterocycles. The minimum Gasteiger partial charge on any atom is -0.326 e. The molecule has 2 unspecified atom stereocenters. The summed E-state index contributed by atoms with van der Waals surface area (Å²) >= 11 is 1.18. The van der Waals surface area contributed by atoms with Crippen LogP contribution in [0.15, 0.2) is 89.0 Å². The number of carbonyl (C=O) groups excluding carboxylic acids is 2. The lowest BCUT2D eigenvalue weighted by Crippen LogP contribution is -2.25. The highest BCUT2D eigenvalue weighted by Gasteiger charge is 2.39. The fourth-order valence-electron chi connectivity index (χ4n) is 3.95. The lowest BCUT2D eigenvalue weighted by Gasteiger charge is -2.23. The van der Waals surface area contributed by atoms with Gasteiger partial charge in [-0.3, -0.25) is 9.59 Å². The van der Waals surface area contributed by atoms with Crippen LogP contribution in [0.1, 0.15) is 30.0 Å². The first-order valence-electron chi connectivity index (χ1n) is 11.0. The Labute approximate surface area is 204 Å². The van der Waals surface area contributed by atoms with Crippen molar-refractivity contribution in [3.8, 4) is 0 Å². The number of aliphatic imine (C=N–C) groups is 1. The van der Waals surface area contributed by atoms with E-state index in [0.29, 0.717) is 23.0 Å². The summed E-state index contributed by atoms with van der Waals surface area (Å²) in [6.45, 7) is 0. The van der Waals surface area contributed by atoms with Crippen LogP contribution in [0.2, 0.25) is 0 Å². The number of benzene rings is 3. The highest BCUT2D eigenvalue weighted by Crippen LogP contribution is 2.38. The second-order valence-corrected chi connectivity index (χ2v) is 9.30. The number of carbonyl (C=O) groups is 2. The van der Waals surface area contributed by atoms with E-state index in [1.807, 2.05) is 18.2 Å². The SMILES string of the molecule is O=C(CC1SC(N2N=C(c3ccc(F)cc3)CC2c2ccc(F)cc2)=NC1=O)Nc1ccccc1. The number of para-hydroxylation sites is 1. The van der Waals surface area contributed by atoms with E-state index in [0.717, 1.165) is 11.1 Å². The highest BCUT2D eigenvalue weighted by atomic mass is 32.2. The molecule has 2 aliphatic heterocycles. The van der Waals surface area contributed by atoms with Crippen LogP contribution < -0.4 is 5.32 Å². The number of nitrogens with zero attached hydrogens (tertiary/aromatic N) is 3. The molecule has 0 saturated carbocycles. The second kappa shape index (κ2) is 9.79. The summed E-state index contributed by atoms with van der Waals surface area (Å²) in [7, 11) is 0. The number of nitrogens with one attached hydrogen (secondary N) is 1. The molecule has 3 aromatic rings. The standard InChI is InChI=1S/C26H20F2N4O2S/c27-18-10-6-16(7-11-18)21-14-22(17-8-12-19(28)13-9-17)32(31-21)26-30-25(34)23(35-26)15-24(33)29-20-4-2-1-3-5-20/h1-13,22-23H,14-15H2,(H,29,33). The molecule has 0 saturated heterocycles. The molecule has 35 heavy (non-hydrogen) atoms. The van der Waals surface area contributed by atoms with E-state index >= 15 is 0 Å². The molecule has 0 radical (unpaired) electrons. The van der Waals surface area contributed by atoms with Gasteiger partial charge in [-0.1, -0.05) is 54.2 Å². The molecule has 0 aliphatic carbocycles. The summed E-state index contributed by atoms with van der Waals surface area (Å²) in [5, 5.41) is 8.82. The van der Waals surface area contributed by atoms with Crippen LogP contribution in [0.5, 0.6) is 0 Å². The van der Waals surface area contributed by atoms with Crippen molar-refractivity contribution in [2.75, 3.05) is 5.32 Å². The van der Waals surface area contributed by atoms with Crippen molar-refractivity contribution in [1.82, 2.24) is 5.01 Å². The fraction of sp³-hybridized carbons (Fsp3) is 0.154. The maximum atomic E-state index is 13.5. The smallest absolute Gasteiger partial charge is 0.262 e. The minimum absolute atomic E-state index is 0.0328. The Hall–Kier alpha value is -3.85. The molecule has 2 aliphatic rings. The average molecular weight is 491 g/mol. The van der Waals surface area contributed by atoms with Crippen molar-refractivity contribution in [3.05, 3.63) is 102 Å². The Balaban J connectivity index is 1.36. The summed E-state index contributed by atoms with van der Waals surface area (Å²) in [5.74, 6) is -1.40. The lowest BCUT2D eigenvalue weighted by atomic mass is 9.98. The fourth-order valence-corrected chi connectivity index (χ4v) is 5.02. The zero-order valence-electron chi connectivity index (χ0n) is 18.4. The van der Waals surface area contributed by atoms with E-state index in [1.54, 1.807) is 41.4 Å². The van der Waals surface area contributed by atoms with Crippen LogP contribution in [0.4, 0.5) is 14.5 Å². The van der Waals surface area contributed by atoms with E-state index in [9.17, 15) is 18.4 Å². The van der Waals surface area contributed by atoms with Crippen LogP contribution in [-0.2, 0) is 9.59 Å². The maximum absolute atomic E-state index is 13.5. The molecule has 2 amide bonds. The number of halogens is 2. The number of amides is 2. The van der Waals surface area contributed by atoms with Crippen molar-refractivity contribution in [1.29, 1.82) is 0 Å². The van der Waals surface area contributed by atoms with Gasteiger partial charge in [0.25, 0.3) is 5.91 Å². The lowest BCUT2D eigenvalue weighted by molar-refractivity contribution is -0.121. The topological polar surface area (TPSA) is 74.1 Å². The molecular weight excluding hydrogens is 470 g/mol. The van der Waals surface area contributed by atoms with Crippen LogP contribution >= 0.6 is 11.8 Å². The van der Waals surface area contributed by atoms with E-state index in [-0.39, 0.29) is 30.0 Å². The quantitative estimate of drug-likeness (QED) is 0.537. The summed E-state index contributed by atoms with van der Waals surface area (Å²) in [5.41, 5.74) is 2.89. The number of rotatable bonds is 5. The van der Waals surface area contributed by atoms with Crippen molar-refractivity contribution >= 4 is 40.1 Å². The molecule has 0 fully saturated rings. The van der Waals surface area contributed by atoms with E-state index < -0.39 is 11.2 Å². The van der Waals surface area contributed by atoms with Crippen LogP contribution in [0, 0.1) is 11.6 Å². The van der Waals surface area contributed by atoms with Gasteiger partial charge < -0.3 is 5.32 Å². The van der Waals surface area contributed by atoms with Crippen LogP contribution in [-0.4, -0.2) is 33.0 Å². The molecule has 176 valence electrons. The monoisotopic (exact) mass is 490 g/mol. The largest absolute Gasteiger partial charge is 0.326 e. The second-order valence-electron chi connectivity index (χ2n) is 8.13. The van der Waals surface area contributed by atoms with E-state index in [1.165, 1.54) is 36.0 Å². The Morgan fingerprint density at radius 1 is 0.971 bits per heavy atom. The highest BCUT2D eigenvalue weighted by molar-refractivity contribution is 8.15. The molecule has 2 atom stereocenters. The first-order valence-corrected chi connectivity index (χ1v) is 11.9. The molecular formula is C26H20F2N4O2S. The first-order chi connectivity index (χ1) is 17.0. The van der Waals surface area contributed by atoms with Gasteiger partial charge in [0.2, 0.25) is 5.91 Å². The van der Waals surface area contributed by atoms with Crippen molar-refractivity contribution in [3.63, 3.8) is 0 Å². The Morgan fingerprint density at radius 2 is 1.63 bits per heavy atom. The van der Waals surface area contributed by atoms with Gasteiger partial charge >= 0.3 is 0 Å². The Bertz CT molecular complexity index is 1310. The number of amidine groups is 1.